The van der Waals surface area contributed by atoms with Gasteiger partial charge in [0, 0.05) is 0 Å². The summed E-state index contributed by atoms with van der Waals surface area (Å²) in [6, 6.07) is 6.58. The zero-order valence-electron chi connectivity index (χ0n) is 9.10. The van der Waals surface area contributed by atoms with Crippen molar-refractivity contribution >= 4 is 17.6 Å². The van der Waals surface area contributed by atoms with Gasteiger partial charge in [-0.1, -0.05) is 4.40 Å². The molecule has 0 spiro atoms. The van der Waals surface area contributed by atoms with Crippen molar-refractivity contribution in [3.05, 3.63) is 29.8 Å². The topological polar surface area (TPSA) is 55.7 Å². The Morgan fingerprint density at radius 3 is 2.27 bits per heavy atom. The second-order valence-corrected chi connectivity index (χ2v) is 6.12. The highest BCUT2D eigenvalue weighted by Gasteiger charge is 2.25. The lowest BCUT2D eigenvalue weighted by molar-refractivity contribution is 0.475. The molecule has 1 unspecified atom stereocenters. The zero-order chi connectivity index (χ0) is 11.5. The molecule has 1 aromatic rings. The molecule has 0 aromatic heterocycles. The van der Waals surface area contributed by atoms with E-state index in [0.29, 0.717) is 0 Å². The Balaban J connectivity index is 2.70. The molecule has 3 nitrogen and oxygen atoms in total. The molecule has 0 aliphatic rings. The van der Waals surface area contributed by atoms with E-state index in [4.69, 9.17) is 5.11 Å². The van der Waals surface area contributed by atoms with Crippen LogP contribution in [0, 0.1) is 0 Å². The van der Waals surface area contributed by atoms with Crippen molar-refractivity contribution in [1.29, 1.82) is 0 Å². The van der Waals surface area contributed by atoms with E-state index in [1.54, 1.807) is 30.5 Å². The van der Waals surface area contributed by atoms with Crippen LogP contribution in [0.2, 0.25) is 0 Å². The van der Waals surface area contributed by atoms with Gasteiger partial charge in [0.1, 0.15) is 21.9 Å². The average Bonchev–Trinajstić information content (AvgIpc) is 2.15. The summed E-state index contributed by atoms with van der Waals surface area (Å²) < 4.78 is 15.2. The van der Waals surface area contributed by atoms with Crippen LogP contribution in [-0.4, -0.2) is 20.6 Å². The molecule has 0 saturated heterocycles. The van der Waals surface area contributed by atoms with E-state index in [2.05, 4.69) is 4.40 Å². The number of hydrogen-bond donors (Lipinski definition) is 1. The van der Waals surface area contributed by atoms with Crippen LogP contribution in [-0.2, 0) is 11.4 Å². The summed E-state index contributed by atoms with van der Waals surface area (Å²) >= 11 is -1.24. The Labute approximate surface area is 93.2 Å². The molecule has 0 amide bonds. The Hall–Kier alpha value is -1.00. The number of aromatic hydroxyl groups is 1. The van der Waals surface area contributed by atoms with Crippen molar-refractivity contribution < 1.29 is 9.66 Å². The zero-order valence-corrected chi connectivity index (χ0v) is 9.91. The summed E-state index contributed by atoms with van der Waals surface area (Å²) in [5, 5.41) is 9.06. The summed E-state index contributed by atoms with van der Waals surface area (Å²) in [4.78, 5) is 0. The van der Waals surface area contributed by atoms with Gasteiger partial charge in [0.25, 0.3) is 0 Å². The monoisotopic (exact) mass is 225 g/mol. The average molecular weight is 225 g/mol. The van der Waals surface area contributed by atoms with Crippen LogP contribution in [0.1, 0.15) is 26.3 Å². The standard InChI is InChI=1S/C11H15NO2S/c1-11(2,3)15(14)12-8-9-4-6-10(13)7-5-9/h4-8,13H,1-3H3/b12-8+. The molecule has 0 radical (unpaired) electrons. The number of benzene rings is 1. The lowest BCUT2D eigenvalue weighted by Gasteiger charge is -2.17. The van der Waals surface area contributed by atoms with Crippen molar-refractivity contribution in [2.75, 3.05) is 0 Å². The van der Waals surface area contributed by atoms with Crippen LogP contribution >= 0.6 is 0 Å². The number of nitrogens with zero attached hydrogens (tertiary/aromatic N) is 1. The fraction of sp³-hybridized carbons (Fsp3) is 0.364. The third kappa shape index (κ3) is 3.93. The Morgan fingerprint density at radius 1 is 1.27 bits per heavy atom. The first-order chi connectivity index (χ1) is 6.89. The molecule has 1 N–H and O–H groups in total. The second kappa shape index (κ2) is 4.68. The normalized spacial score (nSPS) is 14.4. The third-order valence-corrected chi connectivity index (χ3v) is 3.06. The van der Waals surface area contributed by atoms with Crippen LogP contribution in [0.5, 0.6) is 5.75 Å². The molecule has 4 heteroatoms. The molecule has 0 saturated carbocycles. The number of phenols is 1. The van der Waals surface area contributed by atoms with Crippen LogP contribution in [0.25, 0.3) is 0 Å². The Bertz CT molecular complexity index is 341. The molecule has 0 heterocycles. The minimum absolute atomic E-state index is 0.212. The number of phenolic OH excluding ortho intramolecular Hbond substituents is 1. The van der Waals surface area contributed by atoms with E-state index in [1.807, 2.05) is 20.8 Å². The van der Waals surface area contributed by atoms with Gasteiger partial charge in [-0.15, -0.1) is 0 Å². The van der Waals surface area contributed by atoms with E-state index in [0.717, 1.165) is 5.56 Å². The minimum Gasteiger partial charge on any atom is -0.591 e. The highest BCUT2D eigenvalue weighted by Crippen LogP contribution is 2.17. The predicted molar refractivity (Wildman–Crippen MR) is 63.6 cm³/mol. The maximum atomic E-state index is 11.6. The highest BCUT2D eigenvalue weighted by molar-refractivity contribution is 7.91. The third-order valence-electron chi connectivity index (χ3n) is 1.71. The molecule has 0 bridgehead atoms. The van der Waals surface area contributed by atoms with Gasteiger partial charge in [0.2, 0.25) is 0 Å². The molecule has 0 aliphatic carbocycles. The highest BCUT2D eigenvalue weighted by atomic mass is 32.2. The lowest BCUT2D eigenvalue weighted by atomic mass is 10.2. The molecular formula is C11H15NO2S. The fourth-order valence-electron chi connectivity index (χ4n) is 0.827. The smallest absolute Gasteiger partial charge is 0.144 e. The number of rotatable bonds is 2. The molecule has 15 heavy (non-hydrogen) atoms. The SMILES string of the molecule is CC(C)(C)[S+]([O-])/N=C/c1ccc(O)cc1. The van der Waals surface area contributed by atoms with Gasteiger partial charge in [-0.2, -0.15) is 0 Å². The fourth-order valence-corrected chi connectivity index (χ4v) is 1.36. The van der Waals surface area contributed by atoms with Crippen molar-refractivity contribution in [1.82, 2.24) is 0 Å². The summed E-state index contributed by atoms with van der Waals surface area (Å²) in [6.07, 6.45) is 1.56. The van der Waals surface area contributed by atoms with Gasteiger partial charge >= 0.3 is 0 Å². The van der Waals surface area contributed by atoms with Gasteiger partial charge in [-0.05, 0) is 50.6 Å². The maximum Gasteiger partial charge on any atom is 0.144 e. The number of hydrogen-bond acceptors (Lipinski definition) is 3. The van der Waals surface area contributed by atoms with Crippen LogP contribution in [0.15, 0.2) is 28.7 Å². The van der Waals surface area contributed by atoms with Gasteiger partial charge in [-0.3, -0.25) is 0 Å². The van der Waals surface area contributed by atoms with Gasteiger partial charge < -0.3 is 9.66 Å². The Kier molecular flexibility index (Phi) is 3.77. The first kappa shape index (κ1) is 12.1. The quantitative estimate of drug-likeness (QED) is 0.620. The molecule has 1 aromatic carbocycles. The predicted octanol–water partition coefficient (Wildman–Crippen LogP) is 2.27. The van der Waals surface area contributed by atoms with Crippen LogP contribution in [0.3, 0.4) is 0 Å². The van der Waals surface area contributed by atoms with Crippen LogP contribution < -0.4 is 0 Å². The summed E-state index contributed by atoms with van der Waals surface area (Å²) in [5.41, 5.74) is 0.824. The van der Waals surface area contributed by atoms with Gasteiger partial charge in [0.05, 0.1) is 6.21 Å². The molecule has 82 valence electrons. The van der Waals surface area contributed by atoms with Gasteiger partial charge in [-0.25, -0.2) is 0 Å². The minimum atomic E-state index is -1.24. The maximum absolute atomic E-state index is 11.6. The first-order valence-electron chi connectivity index (χ1n) is 4.65. The van der Waals surface area contributed by atoms with Crippen molar-refractivity contribution in [3.63, 3.8) is 0 Å². The van der Waals surface area contributed by atoms with E-state index in [9.17, 15) is 4.55 Å². The van der Waals surface area contributed by atoms with Gasteiger partial charge in [0.15, 0.2) is 0 Å². The Morgan fingerprint density at radius 2 is 1.80 bits per heavy atom. The second-order valence-electron chi connectivity index (χ2n) is 4.19. The molecule has 0 fully saturated rings. The molecular weight excluding hydrogens is 210 g/mol. The summed E-state index contributed by atoms with van der Waals surface area (Å²) in [5.74, 6) is 0.212. The van der Waals surface area contributed by atoms with Crippen molar-refractivity contribution in [2.45, 2.75) is 25.5 Å². The van der Waals surface area contributed by atoms with E-state index < -0.39 is 11.4 Å². The first-order valence-corrected chi connectivity index (χ1v) is 5.75. The van der Waals surface area contributed by atoms with Crippen molar-refractivity contribution in [2.24, 2.45) is 4.40 Å². The van der Waals surface area contributed by atoms with E-state index >= 15 is 0 Å². The summed E-state index contributed by atoms with van der Waals surface area (Å²) in [7, 11) is 0. The van der Waals surface area contributed by atoms with Crippen LogP contribution in [0.4, 0.5) is 0 Å². The van der Waals surface area contributed by atoms with Crippen molar-refractivity contribution in [3.8, 4) is 5.75 Å². The van der Waals surface area contributed by atoms with E-state index in [-0.39, 0.29) is 10.5 Å². The summed E-state index contributed by atoms with van der Waals surface area (Å²) in [6.45, 7) is 5.62. The molecule has 1 rings (SSSR count). The van der Waals surface area contributed by atoms with E-state index in [1.165, 1.54) is 0 Å². The molecule has 1 atom stereocenters. The lowest BCUT2D eigenvalue weighted by Crippen LogP contribution is -2.25. The molecule has 0 aliphatic heterocycles. The largest absolute Gasteiger partial charge is 0.591 e.